The molecule has 9 heteroatoms. The summed E-state index contributed by atoms with van der Waals surface area (Å²) in [4.78, 5) is 52.1. The number of aliphatic hydroxyl groups is 1. The van der Waals surface area contributed by atoms with Crippen molar-refractivity contribution < 1.29 is 19.8 Å². The number of Topliss-reactive ketones (excluding diaryl/α,β-unsaturated/α-hetero) is 1. The number of carbonyl (C=O) groups excluding carboxylic acids is 2. The Balaban J connectivity index is 1.93. The Bertz CT molecular complexity index is 1660. The summed E-state index contributed by atoms with van der Waals surface area (Å²) >= 11 is 0. The number of nitrogens with zero attached hydrogens (tertiary/aromatic N) is 2. The predicted octanol–water partition coefficient (Wildman–Crippen LogP) is 3.01. The van der Waals surface area contributed by atoms with E-state index in [-0.39, 0.29) is 17.6 Å². The van der Waals surface area contributed by atoms with Crippen LogP contribution in [0.25, 0.3) is 16.8 Å². The zero-order valence-corrected chi connectivity index (χ0v) is 22.5. The van der Waals surface area contributed by atoms with Crippen molar-refractivity contribution >= 4 is 11.7 Å². The van der Waals surface area contributed by atoms with Crippen LogP contribution in [0.4, 0.5) is 0 Å². The topological polar surface area (TPSA) is 131 Å². The molecule has 1 amide bonds. The number of carbonyl (C=O) groups is 2. The number of aromatic hydroxyl groups is 1. The van der Waals surface area contributed by atoms with Gasteiger partial charge in [-0.1, -0.05) is 93.6 Å². The summed E-state index contributed by atoms with van der Waals surface area (Å²) in [5, 5.41) is 22.5. The molecule has 0 saturated carbocycles. The molecule has 0 atom stereocenters. The molecule has 0 spiro atoms. The van der Waals surface area contributed by atoms with Crippen molar-refractivity contribution in [2.45, 2.75) is 32.7 Å². The van der Waals surface area contributed by atoms with E-state index in [4.69, 9.17) is 5.11 Å². The minimum absolute atomic E-state index is 0.0982. The number of rotatable bonds is 8. The maximum absolute atomic E-state index is 13.9. The molecule has 9 nitrogen and oxygen atoms in total. The number of ketones is 1. The smallest absolute Gasteiger partial charge is 0.338 e. The molecule has 4 rings (SSSR count). The first-order chi connectivity index (χ1) is 19.0. The highest BCUT2D eigenvalue weighted by atomic mass is 16.3. The summed E-state index contributed by atoms with van der Waals surface area (Å²) in [5.41, 5.74) is 0.659. The maximum atomic E-state index is 13.9. The summed E-state index contributed by atoms with van der Waals surface area (Å²) in [6.07, 6.45) is 0. The van der Waals surface area contributed by atoms with Crippen LogP contribution in [-0.2, 0) is 16.8 Å². The third-order valence-corrected chi connectivity index (χ3v) is 6.56. The fraction of sp³-hybridized carbons (Fsp3) is 0.226. The van der Waals surface area contributed by atoms with E-state index in [0.717, 1.165) is 20.3 Å². The monoisotopic (exact) mass is 541 g/mol. The van der Waals surface area contributed by atoms with Gasteiger partial charge in [0.2, 0.25) is 5.88 Å². The largest absolute Gasteiger partial charge is 0.493 e. The van der Waals surface area contributed by atoms with Gasteiger partial charge in [-0.05, 0) is 28.2 Å². The molecule has 0 unspecified atom stereocenters. The zero-order chi connectivity index (χ0) is 29.0. The summed E-state index contributed by atoms with van der Waals surface area (Å²) in [6.45, 7) is 4.70. The molecular weight excluding hydrogens is 510 g/mol. The molecule has 3 N–H and O–H groups in total. The predicted molar refractivity (Wildman–Crippen MR) is 152 cm³/mol. The minimum Gasteiger partial charge on any atom is -0.493 e. The molecular formula is C31H31N3O6. The van der Waals surface area contributed by atoms with Crippen LogP contribution >= 0.6 is 0 Å². The van der Waals surface area contributed by atoms with Gasteiger partial charge in [0.1, 0.15) is 6.61 Å². The number of hydrogen-bond donors (Lipinski definition) is 3. The van der Waals surface area contributed by atoms with Crippen LogP contribution in [-0.4, -0.2) is 44.2 Å². The Morgan fingerprint density at radius 2 is 1.50 bits per heavy atom. The van der Waals surface area contributed by atoms with Crippen LogP contribution in [0.2, 0.25) is 0 Å². The van der Waals surface area contributed by atoms with E-state index in [1.165, 1.54) is 0 Å². The fourth-order valence-electron chi connectivity index (χ4n) is 4.34. The Morgan fingerprint density at radius 1 is 0.875 bits per heavy atom. The van der Waals surface area contributed by atoms with Crippen molar-refractivity contribution in [3.05, 3.63) is 116 Å². The van der Waals surface area contributed by atoms with Crippen molar-refractivity contribution in [2.24, 2.45) is 0 Å². The van der Waals surface area contributed by atoms with E-state index in [1.807, 2.05) is 42.5 Å². The number of para-hydroxylation sites is 1. The van der Waals surface area contributed by atoms with Crippen LogP contribution in [0.15, 0.2) is 88.5 Å². The van der Waals surface area contributed by atoms with Gasteiger partial charge in [-0.25, -0.2) is 9.36 Å². The van der Waals surface area contributed by atoms with E-state index >= 15 is 0 Å². The lowest BCUT2D eigenvalue weighted by atomic mass is 9.87. The number of aliphatic hydroxyl groups excluding tert-OH is 1. The molecule has 4 aromatic rings. The average Bonchev–Trinajstić information content (AvgIpc) is 2.94. The highest BCUT2D eigenvalue weighted by Gasteiger charge is 2.27. The van der Waals surface area contributed by atoms with Gasteiger partial charge in [0.05, 0.1) is 18.8 Å². The molecule has 1 aromatic heterocycles. The molecule has 0 radical (unpaired) electrons. The second-order valence-corrected chi connectivity index (χ2v) is 10.4. The van der Waals surface area contributed by atoms with Gasteiger partial charge < -0.3 is 15.5 Å². The Hall–Kier alpha value is -4.76. The van der Waals surface area contributed by atoms with Crippen molar-refractivity contribution in [1.82, 2.24) is 14.5 Å². The van der Waals surface area contributed by atoms with E-state index in [9.17, 15) is 24.3 Å². The van der Waals surface area contributed by atoms with Gasteiger partial charge in [0.15, 0.2) is 11.3 Å². The first-order valence-electron chi connectivity index (χ1n) is 12.8. The van der Waals surface area contributed by atoms with Gasteiger partial charge in [0.25, 0.3) is 11.5 Å². The second-order valence-electron chi connectivity index (χ2n) is 10.4. The van der Waals surface area contributed by atoms with Crippen molar-refractivity contribution in [3.8, 4) is 22.7 Å². The molecule has 1 heterocycles. The average molecular weight is 542 g/mol. The number of benzene rings is 3. The summed E-state index contributed by atoms with van der Waals surface area (Å²) < 4.78 is 1.81. The quantitative estimate of drug-likeness (QED) is 0.314. The first kappa shape index (κ1) is 28.3. The van der Waals surface area contributed by atoms with Crippen LogP contribution in [0, 0.1) is 0 Å². The third kappa shape index (κ3) is 5.79. The van der Waals surface area contributed by atoms with E-state index in [1.54, 1.807) is 36.4 Å². The summed E-state index contributed by atoms with van der Waals surface area (Å²) in [5.74, 6) is -2.59. The highest BCUT2D eigenvalue weighted by Crippen LogP contribution is 2.29. The van der Waals surface area contributed by atoms with Crippen LogP contribution in [0.1, 0.15) is 42.3 Å². The lowest BCUT2D eigenvalue weighted by molar-refractivity contribution is -0.120. The van der Waals surface area contributed by atoms with Gasteiger partial charge in [0, 0.05) is 5.56 Å². The lowest BCUT2D eigenvalue weighted by Crippen LogP contribution is -2.45. The molecule has 206 valence electrons. The Morgan fingerprint density at radius 3 is 2.12 bits per heavy atom. The van der Waals surface area contributed by atoms with Gasteiger partial charge in [-0.15, -0.1) is 0 Å². The van der Waals surface area contributed by atoms with E-state index in [2.05, 4.69) is 26.1 Å². The van der Waals surface area contributed by atoms with Crippen molar-refractivity contribution in [1.29, 1.82) is 0 Å². The van der Waals surface area contributed by atoms with E-state index < -0.39 is 47.5 Å². The molecule has 0 aliphatic carbocycles. The normalized spacial score (nSPS) is 11.3. The van der Waals surface area contributed by atoms with E-state index in [0.29, 0.717) is 11.1 Å². The number of nitrogens with one attached hydrogen (secondary N) is 1. The molecule has 0 bridgehead atoms. The molecule has 0 aliphatic heterocycles. The van der Waals surface area contributed by atoms with Crippen LogP contribution in [0.3, 0.4) is 0 Å². The molecule has 0 fully saturated rings. The van der Waals surface area contributed by atoms with Crippen molar-refractivity contribution in [2.75, 3.05) is 13.2 Å². The number of aromatic nitrogens is 2. The second kappa shape index (κ2) is 11.5. The standard InChI is InChI=1S/C31H31N3O6/c1-31(2,3)22-15-13-20(14-16-22)18-33-28(38)26(27(37)32-17-23(36)19-35)29(39)34(30(33)40)25-12-8-7-11-24(25)21-9-5-4-6-10-21/h4-16,35,39H,17-19H2,1-3H3,(H,32,37). The number of hydrogen-bond acceptors (Lipinski definition) is 6. The fourth-order valence-corrected chi connectivity index (χ4v) is 4.34. The number of amides is 1. The summed E-state index contributed by atoms with van der Waals surface area (Å²) in [6, 6.07) is 23.4. The lowest BCUT2D eigenvalue weighted by Gasteiger charge is -2.20. The Kier molecular flexibility index (Phi) is 8.16. The molecule has 40 heavy (non-hydrogen) atoms. The first-order valence-corrected chi connectivity index (χ1v) is 12.8. The molecule has 3 aromatic carbocycles. The van der Waals surface area contributed by atoms with Crippen LogP contribution in [0.5, 0.6) is 5.88 Å². The highest BCUT2D eigenvalue weighted by molar-refractivity contribution is 5.98. The van der Waals surface area contributed by atoms with Gasteiger partial charge in [-0.3, -0.25) is 19.0 Å². The zero-order valence-electron chi connectivity index (χ0n) is 22.5. The molecule has 0 saturated heterocycles. The molecule has 0 aliphatic rings. The third-order valence-electron chi connectivity index (χ3n) is 6.56. The SMILES string of the molecule is CC(C)(C)c1ccc(Cn2c(=O)c(C(=O)NCC(=O)CO)c(O)n(-c3ccccc3-c3ccccc3)c2=O)cc1. The summed E-state index contributed by atoms with van der Waals surface area (Å²) in [7, 11) is 0. The van der Waals surface area contributed by atoms with Crippen LogP contribution < -0.4 is 16.6 Å². The van der Waals surface area contributed by atoms with Gasteiger partial charge >= 0.3 is 5.69 Å². The van der Waals surface area contributed by atoms with Crippen molar-refractivity contribution in [3.63, 3.8) is 0 Å². The maximum Gasteiger partial charge on any atom is 0.338 e. The Labute approximate surface area is 231 Å². The minimum atomic E-state index is -1.05. The van der Waals surface area contributed by atoms with Gasteiger partial charge in [-0.2, -0.15) is 0 Å².